The third kappa shape index (κ3) is 3.00. The van der Waals surface area contributed by atoms with Crippen LogP contribution in [0.15, 0.2) is 0 Å². The summed E-state index contributed by atoms with van der Waals surface area (Å²) in [5.41, 5.74) is -3.28. The molecule has 0 amide bonds. The van der Waals surface area contributed by atoms with Crippen molar-refractivity contribution in [3.8, 4) is 0 Å². The summed E-state index contributed by atoms with van der Waals surface area (Å²) in [4.78, 5) is 33.3. The van der Waals surface area contributed by atoms with Crippen LogP contribution in [0, 0.1) is 17.3 Å². The molecule has 0 spiro atoms. The van der Waals surface area contributed by atoms with Crippen LogP contribution in [0.1, 0.15) is 6.42 Å². The van der Waals surface area contributed by atoms with E-state index in [-0.39, 0.29) is 6.42 Å². The number of carboxylic acid groups (broad SMARTS) is 3. The molecule has 0 bridgehead atoms. The maximum absolute atomic E-state index is 11.1. The summed E-state index contributed by atoms with van der Waals surface area (Å²) >= 11 is 0. The normalized spacial score (nSPS) is 14.7. The van der Waals surface area contributed by atoms with Gasteiger partial charge in [-0.2, -0.15) is 0 Å². The van der Waals surface area contributed by atoms with Crippen molar-refractivity contribution in [1.29, 1.82) is 0 Å². The van der Waals surface area contributed by atoms with Crippen LogP contribution in [0.4, 0.5) is 0 Å². The van der Waals surface area contributed by atoms with E-state index in [1.807, 2.05) is 0 Å². The van der Waals surface area contributed by atoms with Gasteiger partial charge in [0.1, 0.15) is 0 Å². The van der Waals surface area contributed by atoms with Crippen molar-refractivity contribution in [3.05, 3.63) is 0 Å². The fraction of sp³-hybridized carbons (Fsp3) is 0.700. The maximum atomic E-state index is 11.1. The first-order valence-corrected chi connectivity index (χ1v) is 5.33. The first-order chi connectivity index (χ1) is 8.80. The lowest BCUT2D eigenvalue weighted by Gasteiger charge is -2.33. The lowest BCUT2D eigenvalue weighted by molar-refractivity contribution is -0.185. The minimum atomic E-state index is -3.28. The Balaban J connectivity index is 5.85. The largest absolute Gasteiger partial charge is 0.480 e. The fourth-order valence-corrected chi connectivity index (χ4v) is 1.98. The van der Waals surface area contributed by atoms with E-state index in [2.05, 4.69) is 0 Å². The zero-order valence-corrected chi connectivity index (χ0v) is 9.89. The molecule has 0 aromatic rings. The maximum Gasteiger partial charge on any atom is 0.333 e. The van der Waals surface area contributed by atoms with Crippen LogP contribution in [-0.2, 0) is 14.4 Å². The number of hydrogen-bond acceptors (Lipinski definition) is 6. The highest BCUT2D eigenvalue weighted by Gasteiger charge is 2.61. The number of aliphatic hydroxyl groups is 3. The Morgan fingerprint density at radius 3 is 1.47 bits per heavy atom. The molecule has 0 heterocycles. The molecular formula is C10H16O9. The van der Waals surface area contributed by atoms with E-state index < -0.39 is 55.0 Å². The Hall–Kier alpha value is -1.71. The molecule has 2 unspecified atom stereocenters. The van der Waals surface area contributed by atoms with Gasteiger partial charge in [0.15, 0.2) is 0 Å². The van der Waals surface area contributed by atoms with E-state index in [1.54, 1.807) is 0 Å². The second-order valence-electron chi connectivity index (χ2n) is 3.97. The van der Waals surface area contributed by atoms with Crippen LogP contribution < -0.4 is 0 Å². The summed E-state index contributed by atoms with van der Waals surface area (Å²) in [6, 6.07) is 0. The first-order valence-electron chi connectivity index (χ1n) is 5.33. The molecule has 0 radical (unpaired) electrons. The predicted molar refractivity (Wildman–Crippen MR) is 58.2 cm³/mol. The van der Waals surface area contributed by atoms with Crippen LogP contribution in [0.2, 0.25) is 0 Å². The highest BCUT2D eigenvalue weighted by molar-refractivity contribution is 6.16. The number of carbonyl (C=O) groups is 3. The van der Waals surface area contributed by atoms with Crippen LogP contribution >= 0.6 is 0 Å². The molecule has 6 N–H and O–H groups in total. The summed E-state index contributed by atoms with van der Waals surface area (Å²) in [6.07, 6.45) is -0.239. The van der Waals surface area contributed by atoms with Gasteiger partial charge in [-0.15, -0.1) is 0 Å². The molecule has 0 rings (SSSR count). The van der Waals surface area contributed by atoms with Crippen molar-refractivity contribution < 1.29 is 45.0 Å². The smallest absolute Gasteiger partial charge is 0.333 e. The van der Waals surface area contributed by atoms with Gasteiger partial charge in [-0.1, -0.05) is 0 Å². The van der Waals surface area contributed by atoms with Crippen molar-refractivity contribution in [2.45, 2.75) is 6.42 Å². The van der Waals surface area contributed by atoms with Gasteiger partial charge in [-0.05, 0) is 12.3 Å². The molecule has 19 heavy (non-hydrogen) atoms. The third-order valence-corrected chi connectivity index (χ3v) is 3.07. The Bertz CT molecular complexity index is 315. The Morgan fingerprint density at radius 1 is 0.842 bits per heavy atom. The zero-order chi connectivity index (χ0) is 15.2. The second kappa shape index (κ2) is 7.02. The lowest BCUT2D eigenvalue weighted by atomic mass is 9.68. The quantitative estimate of drug-likeness (QED) is 0.257. The Morgan fingerprint density at radius 2 is 1.26 bits per heavy atom. The number of hydrogen-bond donors (Lipinski definition) is 6. The molecule has 110 valence electrons. The third-order valence-electron chi connectivity index (χ3n) is 3.07. The van der Waals surface area contributed by atoms with Gasteiger partial charge in [0.05, 0.1) is 0 Å². The lowest BCUT2D eigenvalue weighted by Crippen LogP contribution is -2.56. The summed E-state index contributed by atoms with van der Waals surface area (Å²) in [6.45, 7) is -2.35. The Kier molecular flexibility index (Phi) is 6.39. The minimum absolute atomic E-state index is 0.239. The topological polar surface area (TPSA) is 173 Å². The molecule has 0 aromatic carbocycles. The molecule has 2 atom stereocenters. The molecule has 0 aromatic heterocycles. The molecule has 0 fully saturated rings. The summed E-state index contributed by atoms with van der Waals surface area (Å²) in [5, 5.41) is 53.9. The van der Waals surface area contributed by atoms with Crippen molar-refractivity contribution in [3.63, 3.8) is 0 Å². The molecule has 0 aliphatic heterocycles. The average Bonchev–Trinajstić information content (AvgIpc) is 2.31. The molecular weight excluding hydrogens is 264 g/mol. The SMILES string of the molecule is O=C(O)C(C(=O)O)(C(=O)O)C(CO)C(CO)CCO. The minimum Gasteiger partial charge on any atom is -0.480 e. The van der Waals surface area contributed by atoms with E-state index in [9.17, 15) is 14.4 Å². The van der Waals surface area contributed by atoms with E-state index in [0.29, 0.717) is 0 Å². The second-order valence-corrected chi connectivity index (χ2v) is 3.97. The summed E-state index contributed by atoms with van der Waals surface area (Å²) in [5.74, 6) is -9.41. The average molecular weight is 280 g/mol. The summed E-state index contributed by atoms with van der Waals surface area (Å²) in [7, 11) is 0. The van der Waals surface area contributed by atoms with Gasteiger partial charge in [-0.25, -0.2) is 0 Å². The van der Waals surface area contributed by atoms with E-state index >= 15 is 0 Å². The van der Waals surface area contributed by atoms with Crippen LogP contribution in [0.5, 0.6) is 0 Å². The highest BCUT2D eigenvalue weighted by Crippen LogP contribution is 2.36. The van der Waals surface area contributed by atoms with Gasteiger partial charge in [-0.3, -0.25) is 14.4 Å². The Labute approximate surface area is 107 Å². The van der Waals surface area contributed by atoms with Crippen LogP contribution in [0.25, 0.3) is 0 Å². The van der Waals surface area contributed by atoms with Crippen molar-refractivity contribution in [2.24, 2.45) is 17.3 Å². The van der Waals surface area contributed by atoms with Crippen molar-refractivity contribution in [2.75, 3.05) is 19.8 Å². The molecule has 0 saturated heterocycles. The van der Waals surface area contributed by atoms with Gasteiger partial charge < -0.3 is 30.6 Å². The molecule has 0 aliphatic carbocycles. The van der Waals surface area contributed by atoms with E-state index in [0.717, 1.165) is 0 Å². The number of carboxylic acids is 3. The molecule has 9 heteroatoms. The standard InChI is InChI=1S/C10H16O9/c11-2-1-5(3-12)6(4-13)10(7(14)15,8(16)17)9(18)19/h5-6,11-13H,1-4H2,(H,14,15)(H,16,17)(H,18,19). The van der Waals surface area contributed by atoms with Gasteiger partial charge in [0.25, 0.3) is 5.41 Å². The first kappa shape index (κ1) is 17.3. The van der Waals surface area contributed by atoms with E-state index in [1.165, 1.54) is 0 Å². The van der Waals surface area contributed by atoms with E-state index in [4.69, 9.17) is 30.6 Å². The molecule has 9 nitrogen and oxygen atoms in total. The zero-order valence-electron chi connectivity index (χ0n) is 9.89. The number of aliphatic carboxylic acids is 3. The molecule has 0 aliphatic rings. The molecule has 0 saturated carbocycles. The monoisotopic (exact) mass is 280 g/mol. The van der Waals surface area contributed by atoms with Gasteiger partial charge in [0, 0.05) is 25.7 Å². The van der Waals surface area contributed by atoms with Crippen molar-refractivity contribution >= 4 is 17.9 Å². The van der Waals surface area contributed by atoms with Gasteiger partial charge >= 0.3 is 17.9 Å². The predicted octanol–water partition coefficient (Wildman–Crippen LogP) is -2.17. The van der Waals surface area contributed by atoms with Gasteiger partial charge in [0.2, 0.25) is 0 Å². The van der Waals surface area contributed by atoms with Crippen LogP contribution in [0.3, 0.4) is 0 Å². The summed E-state index contributed by atoms with van der Waals surface area (Å²) < 4.78 is 0. The highest BCUT2D eigenvalue weighted by atomic mass is 16.4. The van der Waals surface area contributed by atoms with Crippen LogP contribution in [-0.4, -0.2) is 68.4 Å². The fourth-order valence-electron chi connectivity index (χ4n) is 1.98. The number of rotatable bonds is 9. The van der Waals surface area contributed by atoms with Crippen molar-refractivity contribution in [1.82, 2.24) is 0 Å². The number of aliphatic hydroxyl groups excluding tert-OH is 3.